The number of aromatic nitrogens is 5. The van der Waals surface area contributed by atoms with Crippen molar-refractivity contribution in [2.45, 2.75) is 26.6 Å². The Balaban J connectivity index is 1.77. The molecule has 0 atom stereocenters. The Hall–Kier alpha value is -3.47. The fourth-order valence-corrected chi connectivity index (χ4v) is 3.27. The van der Waals surface area contributed by atoms with E-state index in [2.05, 4.69) is 25.4 Å². The van der Waals surface area contributed by atoms with Crippen molar-refractivity contribution in [3.63, 3.8) is 0 Å². The van der Waals surface area contributed by atoms with Crippen molar-refractivity contribution >= 4 is 17.0 Å². The minimum Gasteiger partial charge on any atom is -0.395 e. The molecule has 3 heterocycles. The minimum atomic E-state index is -4.38. The lowest BCUT2D eigenvalue weighted by Crippen LogP contribution is -2.10. The number of aliphatic hydroxyl groups is 1. The second-order valence-electron chi connectivity index (χ2n) is 6.98. The summed E-state index contributed by atoms with van der Waals surface area (Å²) in [6.45, 7) is 3.96. The summed E-state index contributed by atoms with van der Waals surface area (Å²) < 4.78 is 45.4. The first-order valence-electron chi connectivity index (χ1n) is 9.45. The summed E-state index contributed by atoms with van der Waals surface area (Å²) in [5, 5.41) is 16.2. The number of alkyl halides is 3. The number of aryl methyl sites for hydroxylation is 2. The average Bonchev–Trinajstić information content (AvgIpc) is 3.28. The molecule has 0 saturated carbocycles. The normalized spacial score (nSPS) is 11.9. The van der Waals surface area contributed by atoms with Gasteiger partial charge in [-0.05, 0) is 31.5 Å². The third-order valence-corrected chi connectivity index (χ3v) is 4.76. The molecule has 4 aromatic rings. The lowest BCUT2D eigenvalue weighted by Gasteiger charge is -2.10. The van der Waals surface area contributed by atoms with E-state index in [9.17, 15) is 18.3 Å². The number of nitrogens with one attached hydrogen (secondary N) is 1. The first-order valence-corrected chi connectivity index (χ1v) is 9.45. The molecule has 0 saturated heterocycles. The first-order chi connectivity index (χ1) is 14.8. The molecule has 0 radical (unpaired) electrons. The van der Waals surface area contributed by atoms with Crippen LogP contribution in [0.2, 0.25) is 0 Å². The maximum Gasteiger partial charge on any atom is 0.416 e. The van der Waals surface area contributed by atoms with Crippen LogP contribution in [-0.4, -0.2) is 42.9 Å². The van der Waals surface area contributed by atoms with Crippen molar-refractivity contribution in [3.8, 4) is 11.4 Å². The molecule has 31 heavy (non-hydrogen) atoms. The number of hydrogen-bond acceptors (Lipinski definition) is 7. The fourth-order valence-electron chi connectivity index (χ4n) is 3.27. The van der Waals surface area contributed by atoms with Gasteiger partial charge in [0.05, 0.1) is 36.3 Å². The van der Waals surface area contributed by atoms with Gasteiger partial charge < -0.3 is 19.5 Å². The van der Waals surface area contributed by atoms with Gasteiger partial charge in [-0.1, -0.05) is 17.3 Å². The molecule has 0 aliphatic rings. The van der Waals surface area contributed by atoms with Gasteiger partial charge in [0.1, 0.15) is 11.3 Å². The number of imidazole rings is 1. The first kappa shape index (κ1) is 20.8. The quantitative estimate of drug-likeness (QED) is 0.480. The number of benzene rings is 1. The van der Waals surface area contributed by atoms with Gasteiger partial charge in [0, 0.05) is 6.54 Å². The van der Waals surface area contributed by atoms with Gasteiger partial charge in [-0.25, -0.2) is 15.0 Å². The number of rotatable bonds is 6. The van der Waals surface area contributed by atoms with Crippen LogP contribution in [0.15, 0.2) is 35.1 Å². The molecular formula is C20H19F3N6O2. The predicted octanol–water partition coefficient (Wildman–Crippen LogP) is 3.57. The predicted molar refractivity (Wildman–Crippen MR) is 106 cm³/mol. The Bertz CT molecular complexity index is 1190. The van der Waals surface area contributed by atoms with Gasteiger partial charge in [0.2, 0.25) is 0 Å². The second-order valence-corrected chi connectivity index (χ2v) is 6.98. The molecule has 0 spiro atoms. The summed E-state index contributed by atoms with van der Waals surface area (Å²) in [4.78, 5) is 13.5. The van der Waals surface area contributed by atoms with E-state index in [0.717, 1.165) is 12.1 Å². The molecule has 11 heteroatoms. The molecule has 3 aromatic heterocycles. The average molecular weight is 432 g/mol. The van der Waals surface area contributed by atoms with E-state index in [1.807, 2.05) is 0 Å². The Kier molecular flexibility index (Phi) is 5.36. The van der Waals surface area contributed by atoms with E-state index < -0.39 is 11.7 Å². The van der Waals surface area contributed by atoms with Gasteiger partial charge >= 0.3 is 6.18 Å². The highest BCUT2D eigenvalue weighted by atomic mass is 19.4. The number of halogens is 3. The maximum absolute atomic E-state index is 12.8. The van der Waals surface area contributed by atoms with Crippen molar-refractivity contribution in [1.82, 2.24) is 24.7 Å². The van der Waals surface area contributed by atoms with Gasteiger partial charge in [0.25, 0.3) is 0 Å². The molecule has 8 nitrogen and oxygen atoms in total. The zero-order valence-electron chi connectivity index (χ0n) is 16.7. The summed E-state index contributed by atoms with van der Waals surface area (Å²) in [6, 6.07) is 4.95. The molecule has 0 aliphatic heterocycles. The smallest absolute Gasteiger partial charge is 0.395 e. The zero-order chi connectivity index (χ0) is 22.2. The van der Waals surface area contributed by atoms with Crippen LogP contribution in [0.5, 0.6) is 0 Å². The van der Waals surface area contributed by atoms with Crippen LogP contribution in [-0.2, 0) is 12.7 Å². The lowest BCUT2D eigenvalue weighted by atomic mass is 10.1. The maximum atomic E-state index is 12.8. The van der Waals surface area contributed by atoms with Crippen LogP contribution >= 0.6 is 0 Å². The monoisotopic (exact) mass is 432 g/mol. The molecular weight excluding hydrogens is 413 g/mol. The van der Waals surface area contributed by atoms with Crippen molar-refractivity contribution in [2.24, 2.45) is 0 Å². The number of nitrogens with zero attached hydrogens (tertiary/aromatic N) is 5. The Morgan fingerprint density at radius 1 is 1.13 bits per heavy atom. The molecule has 1 aromatic carbocycles. The molecule has 0 aliphatic carbocycles. The number of aliphatic hydroxyl groups excluding tert-OH is 1. The van der Waals surface area contributed by atoms with Crippen LogP contribution in [0, 0.1) is 13.8 Å². The van der Waals surface area contributed by atoms with Crippen LogP contribution in [0.3, 0.4) is 0 Å². The standard InChI is InChI=1S/C20H19F3N6O2/c1-11-15(12(2)31-28-11)17-26-18(24-7-8-30)16-19(27-17)29(10-25-16)9-13-3-5-14(6-4-13)20(21,22)23/h3-6,10,30H,7-9H2,1-2H3,(H,24,26,27). The zero-order valence-corrected chi connectivity index (χ0v) is 16.7. The highest BCUT2D eigenvalue weighted by Crippen LogP contribution is 2.30. The minimum absolute atomic E-state index is 0.0988. The molecule has 4 rings (SSSR count). The number of fused-ring (bicyclic) bond motifs is 1. The van der Waals surface area contributed by atoms with Crippen molar-refractivity contribution in [1.29, 1.82) is 0 Å². The number of anilines is 1. The Labute approximate surface area is 174 Å². The summed E-state index contributed by atoms with van der Waals surface area (Å²) in [7, 11) is 0. The third kappa shape index (κ3) is 4.08. The van der Waals surface area contributed by atoms with Crippen LogP contribution in [0.4, 0.5) is 19.0 Å². The second kappa shape index (κ2) is 7.99. The van der Waals surface area contributed by atoms with Crippen LogP contribution in [0.25, 0.3) is 22.6 Å². The largest absolute Gasteiger partial charge is 0.416 e. The van der Waals surface area contributed by atoms with E-state index in [1.165, 1.54) is 12.1 Å². The van der Waals surface area contributed by atoms with Crippen molar-refractivity contribution in [2.75, 3.05) is 18.5 Å². The molecule has 0 amide bonds. The summed E-state index contributed by atoms with van der Waals surface area (Å²) in [6.07, 6.45) is -2.83. The van der Waals surface area contributed by atoms with Crippen molar-refractivity contribution in [3.05, 3.63) is 53.2 Å². The summed E-state index contributed by atoms with van der Waals surface area (Å²) in [5.74, 6) is 1.36. The van der Waals surface area contributed by atoms with E-state index in [1.54, 1.807) is 24.7 Å². The molecule has 162 valence electrons. The van der Waals surface area contributed by atoms with Crippen LogP contribution < -0.4 is 5.32 Å². The molecule has 0 unspecified atom stereocenters. The summed E-state index contributed by atoms with van der Waals surface area (Å²) in [5.41, 5.74) is 2.20. The van der Waals surface area contributed by atoms with E-state index in [-0.39, 0.29) is 19.7 Å². The molecule has 0 fully saturated rings. The van der Waals surface area contributed by atoms with Gasteiger partial charge in [-0.15, -0.1) is 0 Å². The van der Waals surface area contributed by atoms with Crippen molar-refractivity contribution < 1.29 is 22.8 Å². The van der Waals surface area contributed by atoms with Crippen LogP contribution in [0.1, 0.15) is 22.6 Å². The molecule has 2 N–H and O–H groups in total. The van der Waals surface area contributed by atoms with E-state index >= 15 is 0 Å². The molecule has 0 bridgehead atoms. The highest BCUT2D eigenvalue weighted by molar-refractivity contribution is 5.85. The Morgan fingerprint density at radius 3 is 2.48 bits per heavy atom. The van der Waals surface area contributed by atoms with Gasteiger partial charge in [0.15, 0.2) is 17.3 Å². The number of hydrogen-bond donors (Lipinski definition) is 2. The third-order valence-electron chi connectivity index (χ3n) is 4.76. The Morgan fingerprint density at radius 2 is 1.87 bits per heavy atom. The van der Waals surface area contributed by atoms with Gasteiger partial charge in [-0.2, -0.15) is 13.2 Å². The SMILES string of the molecule is Cc1noc(C)c1-c1nc(NCCO)c2ncn(Cc3ccc(C(F)(F)F)cc3)c2n1. The fraction of sp³-hybridized carbons (Fsp3) is 0.300. The topological polar surface area (TPSA) is 102 Å². The van der Waals surface area contributed by atoms with Gasteiger partial charge in [-0.3, -0.25) is 0 Å². The van der Waals surface area contributed by atoms with E-state index in [4.69, 9.17) is 4.52 Å². The van der Waals surface area contributed by atoms with E-state index in [0.29, 0.717) is 45.4 Å². The lowest BCUT2D eigenvalue weighted by molar-refractivity contribution is -0.137. The highest BCUT2D eigenvalue weighted by Gasteiger charge is 2.30. The summed E-state index contributed by atoms with van der Waals surface area (Å²) >= 11 is 0.